The number of β-amino-alcohol motifs (C(OH)–C–C–N with tert-alkyl or cyclic N) is 1. The van der Waals surface area contributed by atoms with Crippen molar-refractivity contribution in [2.75, 3.05) is 33.4 Å². The van der Waals surface area contributed by atoms with Gasteiger partial charge in [-0.2, -0.15) is 0 Å². The summed E-state index contributed by atoms with van der Waals surface area (Å²) in [5.74, 6) is 0.662. The molecule has 6 nitrogen and oxygen atoms in total. The van der Waals surface area contributed by atoms with Crippen molar-refractivity contribution < 1.29 is 19.4 Å². The predicted octanol–water partition coefficient (Wildman–Crippen LogP) is 2.34. The second kappa shape index (κ2) is 10.8. The number of nitrogens with one attached hydrogen (secondary N) is 1. The number of likely N-dealkylation sites (tertiary alicyclic amines) is 1. The van der Waals surface area contributed by atoms with E-state index in [4.69, 9.17) is 9.47 Å². The molecule has 0 spiro atoms. The molecule has 0 amide bonds. The number of ether oxygens (including phenoxy) is 2. The highest BCUT2D eigenvalue weighted by Crippen LogP contribution is 2.20. The number of hydrogen-bond acceptors (Lipinski definition) is 6. The highest BCUT2D eigenvalue weighted by atomic mass is 16.5. The number of carbonyl (C=O) groups is 1. The lowest BCUT2D eigenvalue weighted by atomic mass is 9.97. The van der Waals surface area contributed by atoms with Crippen molar-refractivity contribution in [1.29, 1.82) is 0 Å². The predicted molar refractivity (Wildman–Crippen MR) is 108 cm³/mol. The van der Waals surface area contributed by atoms with Crippen LogP contribution >= 0.6 is 0 Å². The van der Waals surface area contributed by atoms with E-state index in [2.05, 4.69) is 22.3 Å². The average Bonchev–Trinajstić information content (AvgIpc) is 3.25. The molecule has 1 aliphatic carbocycles. The Bertz CT molecular complexity index is 593. The minimum Gasteiger partial charge on any atom is -0.491 e. The van der Waals surface area contributed by atoms with Gasteiger partial charge in [0, 0.05) is 19.1 Å². The zero-order valence-corrected chi connectivity index (χ0v) is 16.9. The quantitative estimate of drug-likeness (QED) is 0.631. The lowest BCUT2D eigenvalue weighted by Gasteiger charge is -2.31. The number of hydrogen-bond donors (Lipinski definition) is 2. The van der Waals surface area contributed by atoms with Gasteiger partial charge < -0.3 is 24.8 Å². The van der Waals surface area contributed by atoms with Gasteiger partial charge in [-0.1, -0.05) is 25.0 Å². The Balaban J connectivity index is 1.33. The van der Waals surface area contributed by atoms with Gasteiger partial charge in [0.1, 0.15) is 18.5 Å². The second-order valence-corrected chi connectivity index (χ2v) is 8.07. The first-order chi connectivity index (χ1) is 13.6. The number of aliphatic hydroxyl groups excluding tert-OH is 1. The molecule has 156 valence electrons. The molecule has 1 atom stereocenters. The van der Waals surface area contributed by atoms with E-state index in [1.54, 1.807) is 0 Å². The molecule has 1 heterocycles. The van der Waals surface area contributed by atoms with E-state index in [1.165, 1.54) is 38.4 Å². The Kier molecular flexibility index (Phi) is 8.13. The van der Waals surface area contributed by atoms with Crippen molar-refractivity contribution >= 4 is 5.97 Å². The van der Waals surface area contributed by atoms with Gasteiger partial charge in [0.05, 0.1) is 13.0 Å². The van der Waals surface area contributed by atoms with Crippen LogP contribution in [0.4, 0.5) is 0 Å². The van der Waals surface area contributed by atoms with Crippen molar-refractivity contribution in [3.05, 3.63) is 29.8 Å². The first-order valence-electron chi connectivity index (χ1n) is 10.6. The van der Waals surface area contributed by atoms with Crippen molar-refractivity contribution in [3.63, 3.8) is 0 Å². The van der Waals surface area contributed by atoms with Crippen LogP contribution in [0.1, 0.15) is 44.1 Å². The number of rotatable bonds is 9. The minimum absolute atomic E-state index is 0.00341. The summed E-state index contributed by atoms with van der Waals surface area (Å²) < 4.78 is 10.6. The normalized spacial score (nSPS) is 20.2. The Labute approximate surface area is 168 Å². The van der Waals surface area contributed by atoms with Crippen LogP contribution in [0.5, 0.6) is 5.75 Å². The monoisotopic (exact) mass is 390 g/mol. The summed E-state index contributed by atoms with van der Waals surface area (Å²) in [7, 11) is 1.44. The van der Waals surface area contributed by atoms with Crippen LogP contribution in [0.2, 0.25) is 0 Å². The smallest absolute Gasteiger partial charge is 0.308 e. The van der Waals surface area contributed by atoms with Crippen LogP contribution in [0.15, 0.2) is 24.3 Å². The van der Waals surface area contributed by atoms with Gasteiger partial charge in [-0.15, -0.1) is 0 Å². The Morgan fingerprint density at radius 3 is 2.50 bits per heavy atom. The molecule has 28 heavy (non-hydrogen) atoms. The molecule has 1 saturated heterocycles. The van der Waals surface area contributed by atoms with Gasteiger partial charge in [-0.25, -0.2) is 0 Å². The molecule has 0 bridgehead atoms. The molecule has 2 aliphatic rings. The fourth-order valence-corrected chi connectivity index (χ4v) is 4.16. The van der Waals surface area contributed by atoms with Gasteiger partial charge in [-0.3, -0.25) is 4.79 Å². The topological polar surface area (TPSA) is 71.0 Å². The van der Waals surface area contributed by atoms with Crippen LogP contribution in [0.3, 0.4) is 0 Å². The molecule has 1 aliphatic heterocycles. The van der Waals surface area contributed by atoms with E-state index >= 15 is 0 Å². The van der Waals surface area contributed by atoms with Crippen molar-refractivity contribution in [2.45, 2.75) is 57.2 Å². The highest BCUT2D eigenvalue weighted by Gasteiger charge is 2.26. The van der Waals surface area contributed by atoms with Gasteiger partial charge in [0.2, 0.25) is 0 Å². The molecule has 1 saturated carbocycles. The fourth-order valence-electron chi connectivity index (χ4n) is 4.16. The van der Waals surface area contributed by atoms with Gasteiger partial charge >= 0.3 is 5.97 Å². The summed E-state index contributed by atoms with van der Waals surface area (Å²) in [6, 6.07) is 8.78. The molecule has 6 heteroatoms. The van der Waals surface area contributed by atoms with E-state index in [9.17, 15) is 9.90 Å². The summed E-state index contributed by atoms with van der Waals surface area (Å²) >= 11 is 0. The highest BCUT2D eigenvalue weighted by molar-refractivity contribution is 5.72. The Hall–Kier alpha value is -1.63. The first kappa shape index (κ1) is 21.1. The number of methoxy groups -OCH3 is 1. The van der Waals surface area contributed by atoms with Crippen LogP contribution in [0, 0.1) is 5.92 Å². The maximum atomic E-state index is 11.6. The molecule has 0 radical (unpaired) electrons. The summed E-state index contributed by atoms with van der Waals surface area (Å²) in [6.45, 7) is 3.35. The fraction of sp³-hybridized carbons (Fsp3) is 0.682. The SMILES string of the molecule is COC(=O)C1CCN(C[C@H](O)COc2ccc(CNC3CCCC3)cc2)CC1. The number of carbonyl (C=O) groups excluding carboxylic acids is 1. The molecule has 1 aromatic carbocycles. The van der Waals surface area contributed by atoms with Crippen molar-refractivity contribution in [3.8, 4) is 5.75 Å². The molecular formula is C22H34N2O4. The summed E-state index contributed by atoms with van der Waals surface area (Å²) in [4.78, 5) is 13.8. The molecule has 3 rings (SSSR count). The Morgan fingerprint density at radius 2 is 1.86 bits per heavy atom. The van der Waals surface area contributed by atoms with E-state index in [0.717, 1.165) is 38.2 Å². The van der Waals surface area contributed by atoms with Crippen LogP contribution in [0.25, 0.3) is 0 Å². The first-order valence-corrected chi connectivity index (χ1v) is 10.6. The van der Waals surface area contributed by atoms with Crippen LogP contribution in [-0.4, -0.2) is 61.5 Å². The van der Waals surface area contributed by atoms with Gasteiger partial charge in [0.25, 0.3) is 0 Å². The molecule has 2 fully saturated rings. The number of piperidine rings is 1. The van der Waals surface area contributed by atoms with Crippen LogP contribution in [-0.2, 0) is 16.1 Å². The molecule has 0 aromatic heterocycles. The molecule has 2 N–H and O–H groups in total. The third-order valence-electron chi connectivity index (χ3n) is 5.91. The molecular weight excluding hydrogens is 356 g/mol. The van der Waals surface area contributed by atoms with Crippen molar-refractivity contribution in [1.82, 2.24) is 10.2 Å². The maximum absolute atomic E-state index is 11.6. The number of aliphatic hydroxyl groups is 1. The number of nitrogens with zero attached hydrogens (tertiary/aromatic N) is 1. The van der Waals surface area contributed by atoms with E-state index < -0.39 is 6.10 Å². The summed E-state index contributed by atoms with van der Waals surface area (Å²) in [6.07, 6.45) is 6.30. The largest absolute Gasteiger partial charge is 0.491 e. The lowest BCUT2D eigenvalue weighted by Crippen LogP contribution is -2.42. The van der Waals surface area contributed by atoms with E-state index in [-0.39, 0.29) is 18.5 Å². The molecule has 0 unspecified atom stereocenters. The molecule has 1 aromatic rings. The summed E-state index contributed by atoms with van der Waals surface area (Å²) in [5, 5.41) is 13.9. The van der Waals surface area contributed by atoms with E-state index in [0.29, 0.717) is 12.6 Å². The van der Waals surface area contributed by atoms with Crippen LogP contribution < -0.4 is 10.1 Å². The Morgan fingerprint density at radius 1 is 1.18 bits per heavy atom. The van der Waals surface area contributed by atoms with Gasteiger partial charge in [0.15, 0.2) is 0 Å². The lowest BCUT2D eigenvalue weighted by molar-refractivity contribution is -0.147. The standard InChI is InChI=1S/C22H34N2O4/c1-27-22(26)18-10-12-24(13-11-18)15-20(25)16-28-21-8-6-17(7-9-21)14-23-19-4-2-3-5-19/h6-9,18-20,23,25H,2-5,10-16H2,1H3/t20-/m0/s1. The second-order valence-electron chi connectivity index (χ2n) is 8.07. The zero-order valence-electron chi connectivity index (χ0n) is 16.9. The zero-order chi connectivity index (χ0) is 19.8. The third-order valence-corrected chi connectivity index (χ3v) is 5.91. The van der Waals surface area contributed by atoms with Gasteiger partial charge in [-0.05, 0) is 56.5 Å². The minimum atomic E-state index is -0.543. The average molecular weight is 391 g/mol. The third kappa shape index (κ3) is 6.47. The van der Waals surface area contributed by atoms with E-state index in [1.807, 2.05) is 12.1 Å². The summed E-state index contributed by atoms with van der Waals surface area (Å²) in [5.41, 5.74) is 1.26. The maximum Gasteiger partial charge on any atom is 0.308 e. The van der Waals surface area contributed by atoms with Crippen molar-refractivity contribution in [2.24, 2.45) is 5.92 Å². The number of esters is 1. The number of benzene rings is 1.